The van der Waals surface area contributed by atoms with Gasteiger partial charge in [0, 0.05) is 60.7 Å². The number of amides is 1. The third kappa shape index (κ3) is 4.67. The van der Waals surface area contributed by atoms with Crippen LogP contribution in [0.3, 0.4) is 0 Å². The number of nitrogens with two attached hydrogens (primary N) is 1. The maximum Gasteiger partial charge on any atom is 0.228 e. The molecule has 5 rings (SSSR count). The van der Waals surface area contributed by atoms with Crippen molar-refractivity contribution < 1.29 is 4.79 Å². The molecule has 1 aliphatic rings. The van der Waals surface area contributed by atoms with E-state index in [1.807, 2.05) is 37.6 Å². The van der Waals surface area contributed by atoms with Gasteiger partial charge in [0.05, 0.1) is 18.0 Å². The van der Waals surface area contributed by atoms with E-state index in [9.17, 15) is 4.79 Å². The van der Waals surface area contributed by atoms with E-state index < -0.39 is 0 Å². The van der Waals surface area contributed by atoms with Crippen LogP contribution in [-0.2, 0) is 11.8 Å². The number of hydrogen-bond acceptors (Lipinski definition) is 6. The van der Waals surface area contributed by atoms with Crippen LogP contribution in [0, 0.1) is 24.2 Å². The van der Waals surface area contributed by atoms with E-state index in [0.717, 1.165) is 51.6 Å². The summed E-state index contributed by atoms with van der Waals surface area (Å²) in [5, 5.41) is 16.3. The number of carbonyl (C=O) groups is 1. The summed E-state index contributed by atoms with van der Waals surface area (Å²) < 4.78 is 1.76. The molecule has 0 radical (unpaired) electrons. The van der Waals surface area contributed by atoms with Crippen molar-refractivity contribution in [1.29, 1.82) is 5.26 Å². The van der Waals surface area contributed by atoms with Gasteiger partial charge in [0.1, 0.15) is 5.82 Å². The minimum absolute atomic E-state index is 0.0351. The zero-order valence-corrected chi connectivity index (χ0v) is 18.8. The SMILES string of the molecule is CC#N.Cc1ccnc(-c2cnn(C)c2)c1-c1cc(N)c2cnc(NC(=O)C3CC3)cc2c1. The lowest BCUT2D eigenvalue weighted by Crippen LogP contribution is -2.14. The molecule has 0 aliphatic heterocycles. The summed E-state index contributed by atoms with van der Waals surface area (Å²) in [6.07, 6.45) is 9.19. The van der Waals surface area contributed by atoms with Gasteiger partial charge in [-0.2, -0.15) is 10.4 Å². The fourth-order valence-corrected chi connectivity index (χ4v) is 3.76. The molecule has 1 aromatic carbocycles. The molecular weight excluding hydrogens is 414 g/mol. The molecule has 0 bridgehead atoms. The summed E-state index contributed by atoms with van der Waals surface area (Å²) in [7, 11) is 1.89. The summed E-state index contributed by atoms with van der Waals surface area (Å²) in [5.41, 5.74) is 11.9. The van der Waals surface area contributed by atoms with Gasteiger partial charge in [0.25, 0.3) is 0 Å². The van der Waals surface area contributed by atoms with Crippen molar-refractivity contribution in [1.82, 2.24) is 19.7 Å². The first-order valence-corrected chi connectivity index (χ1v) is 10.7. The Morgan fingerprint density at radius 1 is 1.21 bits per heavy atom. The zero-order valence-electron chi connectivity index (χ0n) is 18.8. The van der Waals surface area contributed by atoms with Crippen LogP contribution >= 0.6 is 0 Å². The Labute approximate surface area is 192 Å². The number of pyridine rings is 2. The Hall–Kier alpha value is -4.25. The van der Waals surface area contributed by atoms with E-state index in [1.165, 1.54) is 6.92 Å². The quantitative estimate of drug-likeness (QED) is 0.453. The third-order valence-corrected chi connectivity index (χ3v) is 5.49. The molecule has 0 spiro atoms. The summed E-state index contributed by atoms with van der Waals surface area (Å²) in [5.74, 6) is 0.707. The first-order valence-electron chi connectivity index (χ1n) is 10.7. The van der Waals surface area contributed by atoms with Gasteiger partial charge in [-0.05, 0) is 60.5 Å². The van der Waals surface area contributed by atoms with Gasteiger partial charge < -0.3 is 11.1 Å². The Balaban J connectivity index is 0.000000821. The molecule has 3 aromatic heterocycles. The number of fused-ring (bicyclic) bond motifs is 1. The fourth-order valence-electron chi connectivity index (χ4n) is 3.76. The number of hydrogen-bond donors (Lipinski definition) is 2. The number of aromatic nitrogens is 4. The number of aryl methyl sites for hydroxylation is 2. The summed E-state index contributed by atoms with van der Waals surface area (Å²) in [6, 6.07) is 9.65. The van der Waals surface area contributed by atoms with Crippen LogP contribution in [0.1, 0.15) is 25.3 Å². The van der Waals surface area contributed by atoms with E-state index in [1.54, 1.807) is 23.1 Å². The van der Waals surface area contributed by atoms with Crippen LogP contribution in [0.15, 0.2) is 49.1 Å². The maximum absolute atomic E-state index is 12.1. The second-order valence-corrected chi connectivity index (χ2v) is 8.10. The third-order valence-electron chi connectivity index (χ3n) is 5.49. The molecule has 33 heavy (non-hydrogen) atoms. The molecule has 0 unspecified atom stereocenters. The molecule has 0 atom stereocenters. The van der Waals surface area contributed by atoms with Crippen LogP contribution in [0.2, 0.25) is 0 Å². The Bertz CT molecular complexity index is 1380. The molecule has 8 heteroatoms. The molecule has 4 aromatic rings. The van der Waals surface area contributed by atoms with Crippen molar-refractivity contribution in [3.63, 3.8) is 0 Å². The number of nitrogen functional groups attached to an aromatic ring is 1. The van der Waals surface area contributed by atoms with Gasteiger partial charge in [-0.1, -0.05) is 0 Å². The highest BCUT2D eigenvalue weighted by Crippen LogP contribution is 2.37. The minimum Gasteiger partial charge on any atom is -0.398 e. The summed E-state index contributed by atoms with van der Waals surface area (Å²) in [4.78, 5) is 21.1. The van der Waals surface area contributed by atoms with Crippen molar-refractivity contribution in [2.75, 3.05) is 11.1 Å². The Morgan fingerprint density at radius 3 is 2.64 bits per heavy atom. The Kier molecular flexibility index (Phi) is 6.05. The molecule has 3 N–H and O–H groups in total. The van der Waals surface area contributed by atoms with Crippen LogP contribution in [0.5, 0.6) is 0 Å². The van der Waals surface area contributed by atoms with Gasteiger partial charge in [0.2, 0.25) is 5.91 Å². The molecule has 0 saturated heterocycles. The lowest BCUT2D eigenvalue weighted by molar-refractivity contribution is -0.117. The molecule has 1 aliphatic carbocycles. The van der Waals surface area contributed by atoms with Crippen molar-refractivity contribution in [2.24, 2.45) is 13.0 Å². The van der Waals surface area contributed by atoms with E-state index in [-0.39, 0.29) is 11.8 Å². The first kappa shape index (κ1) is 22.0. The number of carbonyl (C=O) groups excluding carboxylic acids is 1. The molecular formula is C25H25N7O. The second-order valence-electron chi connectivity index (χ2n) is 8.10. The highest BCUT2D eigenvalue weighted by atomic mass is 16.2. The standard InChI is InChI=1S/C23H22N6O.C2H3N/c1-13-5-6-25-22(17-10-27-29(2)12-17)21(13)16-7-15-9-20(28-23(30)14-3-4-14)26-11-18(15)19(24)8-16;1-2-3/h5-12,14H,3-4,24H2,1-2H3,(H,26,28,30);1H3. The molecule has 3 heterocycles. The van der Waals surface area contributed by atoms with Gasteiger partial charge in [-0.15, -0.1) is 0 Å². The molecule has 166 valence electrons. The van der Waals surface area contributed by atoms with Crippen molar-refractivity contribution in [3.8, 4) is 28.5 Å². The smallest absolute Gasteiger partial charge is 0.228 e. The largest absolute Gasteiger partial charge is 0.398 e. The average Bonchev–Trinajstić information content (AvgIpc) is 3.55. The topological polar surface area (TPSA) is 123 Å². The van der Waals surface area contributed by atoms with Crippen LogP contribution in [0.4, 0.5) is 11.5 Å². The fraction of sp³-hybridized carbons (Fsp3) is 0.240. The molecule has 8 nitrogen and oxygen atoms in total. The molecule has 1 saturated carbocycles. The first-order chi connectivity index (χ1) is 15.9. The lowest BCUT2D eigenvalue weighted by atomic mass is 9.94. The van der Waals surface area contributed by atoms with Crippen molar-refractivity contribution in [2.45, 2.75) is 26.7 Å². The zero-order chi connectivity index (χ0) is 23.5. The van der Waals surface area contributed by atoms with Gasteiger partial charge in [-0.25, -0.2) is 4.98 Å². The number of nitrogens with zero attached hydrogens (tertiary/aromatic N) is 5. The monoisotopic (exact) mass is 439 g/mol. The van der Waals surface area contributed by atoms with E-state index in [0.29, 0.717) is 11.5 Å². The number of anilines is 2. The maximum atomic E-state index is 12.1. The number of rotatable bonds is 4. The summed E-state index contributed by atoms with van der Waals surface area (Å²) in [6.45, 7) is 3.49. The van der Waals surface area contributed by atoms with E-state index >= 15 is 0 Å². The Morgan fingerprint density at radius 2 is 1.97 bits per heavy atom. The normalized spacial score (nSPS) is 12.5. The number of nitriles is 1. The van der Waals surface area contributed by atoms with Gasteiger partial charge in [0.15, 0.2) is 0 Å². The van der Waals surface area contributed by atoms with Crippen molar-refractivity contribution >= 4 is 28.2 Å². The van der Waals surface area contributed by atoms with Crippen LogP contribution in [-0.4, -0.2) is 25.7 Å². The van der Waals surface area contributed by atoms with Crippen LogP contribution < -0.4 is 11.1 Å². The second kappa shape index (κ2) is 9.09. The molecule has 1 fully saturated rings. The van der Waals surface area contributed by atoms with Gasteiger partial charge in [-0.3, -0.25) is 14.5 Å². The molecule has 1 amide bonds. The number of nitrogens with one attached hydrogen (secondary N) is 1. The lowest BCUT2D eigenvalue weighted by Gasteiger charge is -2.14. The van der Waals surface area contributed by atoms with Crippen LogP contribution in [0.25, 0.3) is 33.2 Å². The average molecular weight is 440 g/mol. The van der Waals surface area contributed by atoms with Gasteiger partial charge >= 0.3 is 0 Å². The van der Waals surface area contributed by atoms with E-state index in [4.69, 9.17) is 11.0 Å². The highest BCUT2D eigenvalue weighted by Gasteiger charge is 2.29. The predicted molar refractivity (Wildman–Crippen MR) is 129 cm³/mol. The minimum atomic E-state index is 0.0351. The predicted octanol–water partition coefficient (Wildman–Crippen LogP) is 4.47. The van der Waals surface area contributed by atoms with E-state index in [2.05, 4.69) is 33.4 Å². The highest BCUT2D eigenvalue weighted by molar-refractivity contribution is 6.01. The van der Waals surface area contributed by atoms with Crippen molar-refractivity contribution in [3.05, 3.63) is 54.6 Å². The summed E-state index contributed by atoms with van der Waals surface area (Å²) >= 11 is 0. The number of benzene rings is 1.